The number of rotatable bonds is 3. The number of hydrogen-bond acceptors (Lipinski definition) is 3. The molecule has 0 aliphatic carbocycles. The lowest BCUT2D eigenvalue weighted by molar-refractivity contribution is -0.134. The largest absolute Gasteiger partial charge is 0.302 e. The number of nitrogens with one attached hydrogen (secondary N) is 2. The van der Waals surface area contributed by atoms with Crippen LogP contribution in [0.3, 0.4) is 0 Å². The lowest BCUT2D eigenvalue weighted by atomic mass is 10.1. The van der Waals surface area contributed by atoms with Gasteiger partial charge >= 0.3 is 0 Å². The van der Waals surface area contributed by atoms with E-state index in [-0.39, 0.29) is 17.9 Å². The second kappa shape index (κ2) is 5.69. The molecule has 1 aromatic carbocycles. The Morgan fingerprint density at radius 3 is 2.78 bits per heavy atom. The highest BCUT2D eigenvalue weighted by Crippen LogP contribution is 2.21. The highest BCUT2D eigenvalue weighted by atomic mass is 35.5. The first-order chi connectivity index (χ1) is 8.56. The Hall–Kier alpha value is -1.10. The summed E-state index contributed by atoms with van der Waals surface area (Å²) < 4.78 is 0. The summed E-state index contributed by atoms with van der Waals surface area (Å²) in [5.41, 5.74) is 0.866. The number of carbonyl (C=O) groups excluding carboxylic acids is 2. The van der Waals surface area contributed by atoms with Crippen molar-refractivity contribution in [1.29, 1.82) is 0 Å². The molecule has 0 aromatic heterocycles. The van der Waals surface area contributed by atoms with Gasteiger partial charge in [-0.15, -0.1) is 0 Å². The van der Waals surface area contributed by atoms with Crippen molar-refractivity contribution in [3.63, 3.8) is 0 Å². The van der Waals surface area contributed by atoms with Crippen molar-refractivity contribution in [2.75, 3.05) is 0 Å². The van der Waals surface area contributed by atoms with Crippen molar-refractivity contribution in [2.24, 2.45) is 0 Å². The molecule has 96 valence electrons. The molecule has 0 radical (unpaired) electrons. The molecule has 0 spiro atoms. The number of halogens is 2. The minimum atomic E-state index is -0.352. The normalized spacial score (nSPS) is 19.8. The fraction of sp³-hybridized carbons (Fsp3) is 0.333. The number of imide groups is 1. The Balaban J connectivity index is 1.95. The predicted molar refractivity (Wildman–Crippen MR) is 69.5 cm³/mol. The predicted octanol–water partition coefficient (Wildman–Crippen LogP) is 1.89. The lowest BCUT2D eigenvalue weighted by Crippen LogP contribution is -2.50. The Labute approximate surface area is 115 Å². The molecule has 1 aromatic rings. The van der Waals surface area contributed by atoms with Gasteiger partial charge in [0.1, 0.15) is 0 Å². The van der Waals surface area contributed by atoms with Crippen molar-refractivity contribution < 1.29 is 9.59 Å². The van der Waals surface area contributed by atoms with E-state index in [1.165, 1.54) is 0 Å². The topological polar surface area (TPSA) is 58.2 Å². The first-order valence-corrected chi connectivity index (χ1v) is 6.33. The molecule has 18 heavy (non-hydrogen) atoms. The summed E-state index contributed by atoms with van der Waals surface area (Å²) in [4.78, 5) is 22.5. The van der Waals surface area contributed by atoms with Crippen LogP contribution >= 0.6 is 23.2 Å². The van der Waals surface area contributed by atoms with E-state index in [1.54, 1.807) is 12.1 Å². The van der Waals surface area contributed by atoms with E-state index in [2.05, 4.69) is 10.6 Å². The first kappa shape index (κ1) is 13.3. The summed E-state index contributed by atoms with van der Waals surface area (Å²) in [7, 11) is 0. The van der Waals surface area contributed by atoms with Crippen molar-refractivity contribution in [3.05, 3.63) is 33.8 Å². The molecule has 1 aliphatic rings. The number of piperidine rings is 1. The maximum atomic E-state index is 11.5. The van der Waals surface area contributed by atoms with Crippen molar-refractivity contribution in [3.8, 4) is 0 Å². The molecule has 1 saturated heterocycles. The van der Waals surface area contributed by atoms with Crippen LogP contribution < -0.4 is 10.6 Å². The molecule has 2 N–H and O–H groups in total. The number of benzene rings is 1. The van der Waals surface area contributed by atoms with Gasteiger partial charge in [-0.25, -0.2) is 0 Å². The Bertz CT molecular complexity index is 491. The SMILES string of the molecule is O=C1CCC(NCc2ccc(Cl)cc2Cl)C(=O)N1. The maximum Gasteiger partial charge on any atom is 0.243 e. The molecule has 1 fully saturated rings. The fourth-order valence-electron chi connectivity index (χ4n) is 1.79. The van der Waals surface area contributed by atoms with Crippen LogP contribution in [0.25, 0.3) is 0 Å². The first-order valence-electron chi connectivity index (χ1n) is 5.57. The van der Waals surface area contributed by atoms with E-state index < -0.39 is 0 Å². The summed E-state index contributed by atoms with van der Waals surface area (Å²) in [6.45, 7) is 0.461. The molecule has 0 saturated carbocycles. The van der Waals surface area contributed by atoms with Gasteiger partial charge in [0.15, 0.2) is 0 Å². The Morgan fingerprint density at radius 1 is 1.33 bits per heavy atom. The van der Waals surface area contributed by atoms with Crippen LogP contribution in [0.5, 0.6) is 0 Å². The van der Waals surface area contributed by atoms with Crippen molar-refractivity contribution in [1.82, 2.24) is 10.6 Å². The summed E-state index contributed by atoms with van der Waals surface area (Å²) >= 11 is 11.8. The third-order valence-electron chi connectivity index (χ3n) is 2.79. The molecule has 6 heteroatoms. The molecule has 2 amide bonds. The molecular weight excluding hydrogens is 275 g/mol. The zero-order valence-corrected chi connectivity index (χ0v) is 11.0. The van der Waals surface area contributed by atoms with Gasteiger partial charge in [-0.05, 0) is 24.1 Å². The van der Waals surface area contributed by atoms with Crippen LogP contribution in [0.4, 0.5) is 0 Å². The summed E-state index contributed by atoms with van der Waals surface area (Å²) in [6.07, 6.45) is 0.869. The van der Waals surface area contributed by atoms with E-state index >= 15 is 0 Å². The molecule has 4 nitrogen and oxygen atoms in total. The second-order valence-electron chi connectivity index (χ2n) is 4.12. The van der Waals surface area contributed by atoms with Crippen molar-refractivity contribution >= 4 is 35.0 Å². The molecule has 0 bridgehead atoms. The third-order valence-corrected chi connectivity index (χ3v) is 3.38. The van der Waals surface area contributed by atoms with Crippen LogP contribution in [-0.2, 0) is 16.1 Å². The van der Waals surface area contributed by atoms with E-state index in [4.69, 9.17) is 23.2 Å². The van der Waals surface area contributed by atoms with E-state index in [0.29, 0.717) is 29.4 Å². The quantitative estimate of drug-likeness (QED) is 0.835. The summed E-state index contributed by atoms with van der Waals surface area (Å²) in [6, 6.07) is 4.86. The minimum Gasteiger partial charge on any atom is -0.302 e. The second-order valence-corrected chi connectivity index (χ2v) is 4.96. The summed E-state index contributed by atoms with van der Waals surface area (Å²) in [5.74, 6) is -0.501. The smallest absolute Gasteiger partial charge is 0.243 e. The van der Waals surface area contributed by atoms with Crippen molar-refractivity contribution in [2.45, 2.75) is 25.4 Å². The lowest BCUT2D eigenvalue weighted by Gasteiger charge is -2.22. The highest BCUT2D eigenvalue weighted by molar-refractivity contribution is 6.35. The molecular formula is C12H12Cl2N2O2. The molecule has 1 aliphatic heterocycles. The number of carbonyl (C=O) groups is 2. The van der Waals surface area contributed by atoms with E-state index in [9.17, 15) is 9.59 Å². The number of amides is 2. The van der Waals surface area contributed by atoms with Crippen LogP contribution in [-0.4, -0.2) is 17.9 Å². The van der Waals surface area contributed by atoms with Crippen LogP contribution in [0.15, 0.2) is 18.2 Å². The standard InChI is InChI=1S/C12H12Cl2N2O2/c13-8-2-1-7(9(14)5-8)6-15-10-3-4-11(17)16-12(10)18/h1-2,5,10,15H,3-4,6H2,(H,16,17,18). The van der Waals surface area contributed by atoms with Crippen LogP contribution in [0.2, 0.25) is 10.0 Å². The van der Waals surface area contributed by atoms with Crippen LogP contribution in [0.1, 0.15) is 18.4 Å². The monoisotopic (exact) mass is 286 g/mol. The van der Waals surface area contributed by atoms with Gasteiger partial charge < -0.3 is 5.32 Å². The maximum absolute atomic E-state index is 11.5. The molecule has 1 unspecified atom stereocenters. The van der Waals surface area contributed by atoms with E-state index in [0.717, 1.165) is 5.56 Å². The highest BCUT2D eigenvalue weighted by Gasteiger charge is 2.25. The van der Waals surface area contributed by atoms with Gasteiger partial charge in [0.25, 0.3) is 0 Å². The Morgan fingerprint density at radius 2 is 2.11 bits per heavy atom. The minimum absolute atomic E-state index is 0.220. The van der Waals surface area contributed by atoms with E-state index in [1.807, 2.05) is 6.07 Å². The van der Waals surface area contributed by atoms with Gasteiger partial charge in [-0.2, -0.15) is 0 Å². The third kappa shape index (κ3) is 3.22. The van der Waals surface area contributed by atoms with Gasteiger partial charge in [0.05, 0.1) is 6.04 Å². The molecule has 1 heterocycles. The number of hydrogen-bond donors (Lipinski definition) is 2. The average molecular weight is 287 g/mol. The van der Waals surface area contributed by atoms with Gasteiger partial charge in [-0.1, -0.05) is 29.3 Å². The molecule has 2 rings (SSSR count). The van der Waals surface area contributed by atoms with Gasteiger partial charge in [-0.3, -0.25) is 14.9 Å². The summed E-state index contributed by atoms with van der Waals surface area (Å²) in [5, 5.41) is 6.50. The zero-order valence-electron chi connectivity index (χ0n) is 9.50. The molecule has 1 atom stereocenters. The Kier molecular flexibility index (Phi) is 4.22. The average Bonchev–Trinajstić information content (AvgIpc) is 2.30. The van der Waals surface area contributed by atoms with Gasteiger partial charge in [0.2, 0.25) is 11.8 Å². The van der Waals surface area contributed by atoms with Gasteiger partial charge in [0, 0.05) is 23.0 Å². The fourth-order valence-corrected chi connectivity index (χ4v) is 2.26. The zero-order chi connectivity index (χ0) is 13.1. The van der Waals surface area contributed by atoms with Crippen LogP contribution in [0, 0.1) is 0 Å².